The highest BCUT2D eigenvalue weighted by molar-refractivity contribution is 14.1. The first kappa shape index (κ1) is 15.2. The van der Waals surface area contributed by atoms with Crippen LogP contribution in [0.15, 0.2) is 18.2 Å². The molecule has 1 amide bonds. The summed E-state index contributed by atoms with van der Waals surface area (Å²) in [4.78, 5) is 12.0. The molecule has 0 saturated carbocycles. The van der Waals surface area contributed by atoms with Crippen LogP contribution in [0, 0.1) is 9.49 Å². The summed E-state index contributed by atoms with van der Waals surface area (Å²) in [6, 6.07) is 5.45. The van der Waals surface area contributed by atoms with E-state index in [4.69, 9.17) is 11.6 Å². The first-order chi connectivity index (χ1) is 7.95. The zero-order valence-electron chi connectivity index (χ0n) is 9.64. The second-order valence-corrected chi connectivity index (χ2v) is 6.32. The molecule has 5 heteroatoms. The van der Waals surface area contributed by atoms with Crippen molar-refractivity contribution in [3.8, 4) is 0 Å². The van der Waals surface area contributed by atoms with E-state index < -0.39 is 0 Å². The first-order valence-corrected chi connectivity index (χ1v) is 7.85. The molecule has 1 aromatic carbocycles. The Hall–Kier alpha value is 0.190. The second-order valence-electron chi connectivity index (χ2n) is 4.11. The van der Waals surface area contributed by atoms with Crippen LogP contribution in [0.4, 0.5) is 0 Å². The largest absolute Gasteiger partial charge is 0.348 e. The topological polar surface area (TPSA) is 29.1 Å². The number of nitrogens with one attached hydrogen (secondary N) is 1. The molecule has 0 spiro atoms. The lowest BCUT2D eigenvalue weighted by Gasteiger charge is -2.20. The fraction of sp³-hybridized carbons (Fsp3) is 0.417. The molecule has 0 aliphatic heterocycles. The third-order valence-electron chi connectivity index (χ3n) is 2.47. The smallest absolute Gasteiger partial charge is 0.251 e. The lowest BCUT2D eigenvalue weighted by atomic mass is 10.1. The number of carbonyl (C=O) groups is 1. The summed E-state index contributed by atoms with van der Waals surface area (Å²) in [6.45, 7) is 4.15. The van der Waals surface area contributed by atoms with Crippen molar-refractivity contribution < 1.29 is 4.79 Å². The molecule has 0 aliphatic carbocycles. The molecule has 0 heterocycles. The molecule has 0 aromatic heterocycles. The molecule has 1 N–H and O–H groups in total. The van der Waals surface area contributed by atoms with Gasteiger partial charge < -0.3 is 5.32 Å². The van der Waals surface area contributed by atoms with Crippen LogP contribution in [0.2, 0.25) is 5.02 Å². The van der Waals surface area contributed by atoms with E-state index in [0.29, 0.717) is 16.5 Å². The predicted octanol–water partition coefficient (Wildman–Crippen LogP) is 4.09. The highest BCUT2D eigenvalue weighted by Gasteiger charge is 2.16. The average Bonchev–Trinajstić information content (AvgIpc) is 2.28. The minimum Gasteiger partial charge on any atom is -0.348 e. The molecule has 0 aliphatic rings. The van der Waals surface area contributed by atoms with Gasteiger partial charge in [-0.05, 0) is 46.7 Å². The van der Waals surface area contributed by atoms with Crippen molar-refractivity contribution in [3.05, 3.63) is 32.4 Å². The molecule has 1 aromatic rings. The Bertz CT molecular complexity index is 411. The number of amides is 1. The lowest BCUT2D eigenvalue weighted by molar-refractivity contribution is 0.0932. The van der Waals surface area contributed by atoms with E-state index in [-0.39, 0.29) is 11.9 Å². The van der Waals surface area contributed by atoms with Gasteiger partial charge >= 0.3 is 0 Å². The maximum absolute atomic E-state index is 12.0. The molecule has 1 rings (SSSR count). The number of benzene rings is 1. The van der Waals surface area contributed by atoms with Crippen molar-refractivity contribution in [1.29, 1.82) is 0 Å². The maximum Gasteiger partial charge on any atom is 0.251 e. The standard InChI is InChI=1S/C12H14BrClINO/c1-7(2)11(6-13)16-12(17)8-3-4-10(15)9(14)5-8/h3-5,7,11H,6H2,1-2H3,(H,16,17). The van der Waals surface area contributed by atoms with Crippen molar-refractivity contribution in [2.45, 2.75) is 19.9 Å². The van der Waals surface area contributed by atoms with Crippen LogP contribution < -0.4 is 5.32 Å². The van der Waals surface area contributed by atoms with Gasteiger partial charge in [0.1, 0.15) is 0 Å². The van der Waals surface area contributed by atoms with E-state index in [1.165, 1.54) is 0 Å². The summed E-state index contributed by atoms with van der Waals surface area (Å²) >= 11 is 11.5. The molecule has 0 bridgehead atoms. The average molecular weight is 431 g/mol. The number of hydrogen-bond acceptors (Lipinski definition) is 1. The van der Waals surface area contributed by atoms with Gasteiger partial charge in [-0.2, -0.15) is 0 Å². The third-order valence-corrected chi connectivity index (χ3v) is 4.74. The maximum atomic E-state index is 12.0. The van der Waals surface area contributed by atoms with Crippen molar-refractivity contribution in [2.24, 2.45) is 5.92 Å². The van der Waals surface area contributed by atoms with Crippen LogP contribution in [0.5, 0.6) is 0 Å². The van der Waals surface area contributed by atoms with Crippen molar-refractivity contribution >= 4 is 56.0 Å². The molecule has 94 valence electrons. The van der Waals surface area contributed by atoms with E-state index >= 15 is 0 Å². The zero-order valence-corrected chi connectivity index (χ0v) is 14.1. The second kappa shape index (κ2) is 6.95. The van der Waals surface area contributed by atoms with E-state index in [1.807, 2.05) is 6.07 Å². The quantitative estimate of drug-likeness (QED) is 0.566. The number of carbonyl (C=O) groups excluding carboxylic acids is 1. The molecule has 2 nitrogen and oxygen atoms in total. The van der Waals surface area contributed by atoms with E-state index in [2.05, 4.69) is 57.7 Å². The van der Waals surface area contributed by atoms with E-state index in [1.54, 1.807) is 12.1 Å². The molecule has 0 fully saturated rings. The summed E-state index contributed by atoms with van der Waals surface area (Å²) in [7, 11) is 0. The summed E-state index contributed by atoms with van der Waals surface area (Å²) < 4.78 is 0.946. The SMILES string of the molecule is CC(C)C(CBr)NC(=O)c1ccc(I)c(Cl)c1. The molecule has 1 unspecified atom stereocenters. The Balaban J connectivity index is 2.79. The molecule has 1 atom stereocenters. The highest BCUT2D eigenvalue weighted by Crippen LogP contribution is 2.19. The summed E-state index contributed by atoms with van der Waals surface area (Å²) in [5.41, 5.74) is 0.599. The molecule has 0 saturated heterocycles. The minimum absolute atomic E-state index is 0.0820. The minimum atomic E-state index is -0.0820. The summed E-state index contributed by atoms with van der Waals surface area (Å²) in [5, 5.41) is 4.34. The Morgan fingerprint density at radius 1 is 1.53 bits per heavy atom. The zero-order chi connectivity index (χ0) is 13.0. The van der Waals surface area contributed by atoms with Gasteiger partial charge in [-0.1, -0.05) is 41.4 Å². The van der Waals surface area contributed by atoms with Gasteiger partial charge in [-0.3, -0.25) is 4.79 Å². The van der Waals surface area contributed by atoms with Crippen molar-refractivity contribution in [3.63, 3.8) is 0 Å². The van der Waals surface area contributed by atoms with Crippen LogP contribution in [0.3, 0.4) is 0 Å². The molecule has 0 radical (unpaired) electrons. The van der Waals surface area contributed by atoms with Gasteiger partial charge in [0.25, 0.3) is 5.91 Å². The predicted molar refractivity (Wildman–Crippen MR) is 84.1 cm³/mol. The fourth-order valence-electron chi connectivity index (χ4n) is 1.27. The number of hydrogen-bond donors (Lipinski definition) is 1. The van der Waals surface area contributed by atoms with Crippen molar-refractivity contribution in [2.75, 3.05) is 5.33 Å². The van der Waals surface area contributed by atoms with Crippen LogP contribution in [0.25, 0.3) is 0 Å². The van der Waals surface area contributed by atoms with Gasteiger partial charge in [-0.25, -0.2) is 0 Å². The van der Waals surface area contributed by atoms with Crippen LogP contribution in [-0.2, 0) is 0 Å². The Morgan fingerprint density at radius 3 is 2.65 bits per heavy atom. The number of halogens is 3. The van der Waals surface area contributed by atoms with Crippen molar-refractivity contribution in [1.82, 2.24) is 5.32 Å². The summed E-state index contributed by atoms with van der Waals surface area (Å²) in [6.07, 6.45) is 0. The molecular weight excluding hydrogens is 416 g/mol. The Labute approximate surface area is 129 Å². The van der Waals surface area contributed by atoms with Crippen LogP contribution >= 0.6 is 50.1 Å². The van der Waals surface area contributed by atoms with Crippen LogP contribution in [-0.4, -0.2) is 17.3 Å². The Kier molecular flexibility index (Phi) is 6.23. The van der Waals surface area contributed by atoms with Gasteiger partial charge in [0.15, 0.2) is 0 Å². The van der Waals surface area contributed by atoms with Gasteiger partial charge in [-0.15, -0.1) is 0 Å². The fourth-order valence-corrected chi connectivity index (χ4v) is 2.70. The number of rotatable bonds is 4. The van der Waals surface area contributed by atoms with Gasteiger partial charge in [0.2, 0.25) is 0 Å². The monoisotopic (exact) mass is 429 g/mol. The summed E-state index contributed by atoms with van der Waals surface area (Å²) in [5.74, 6) is 0.305. The molecule has 17 heavy (non-hydrogen) atoms. The van der Waals surface area contributed by atoms with E-state index in [0.717, 1.165) is 8.90 Å². The lowest BCUT2D eigenvalue weighted by Crippen LogP contribution is -2.39. The van der Waals surface area contributed by atoms with E-state index in [9.17, 15) is 4.79 Å². The van der Waals surface area contributed by atoms with Crippen LogP contribution in [0.1, 0.15) is 24.2 Å². The van der Waals surface area contributed by atoms with Gasteiger partial charge in [0.05, 0.1) is 5.02 Å². The molecular formula is C12H14BrClINO. The van der Waals surface area contributed by atoms with Gasteiger partial charge in [0, 0.05) is 20.5 Å². The number of alkyl halides is 1. The first-order valence-electron chi connectivity index (χ1n) is 5.27. The Morgan fingerprint density at radius 2 is 2.18 bits per heavy atom. The normalized spacial score (nSPS) is 12.6. The highest BCUT2D eigenvalue weighted by atomic mass is 127. The third kappa shape index (κ3) is 4.41.